The van der Waals surface area contributed by atoms with Gasteiger partial charge >= 0.3 is 0 Å². The molecular formula is C19H25FN4O2. The van der Waals surface area contributed by atoms with Crippen LogP contribution in [0.2, 0.25) is 0 Å². The lowest BCUT2D eigenvalue weighted by atomic mass is 9.90. The van der Waals surface area contributed by atoms with Gasteiger partial charge in [-0.1, -0.05) is 25.1 Å². The van der Waals surface area contributed by atoms with Crippen molar-refractivity contribution in [2.24, 2.45) is 5.41 Å². The molecule has 6 nitrogen and oxygen atoms in total. The Morgan fingerprint density at radius 3 is 2.92 bits per heavy atom. The molecule has 26 heavy (non-hydrogen) atoms. The Balaban J connectivity index is 1.52. The number of carbonyl (C=O) groups is 2. The van der Waals surface area contributed by atoms with Crippen molar-refractivity contribution in [3.63, 3.8) is 0 Å². The zero-order chi connectivity index (χ0) is 18.7. The van der Waals surface area contributed by atoms with E-state index >= 15 is 0 Å². The van der Waals surface area contributed by atoms with Crippen LogP contribution in [0.3, 0.4) is 0 Å². The largest absolute Gasteiger partial charge is 0.354 e. The standard InChI is InChI=1S/C19H25FN4O2/c1-14(20)9-18(26)23-8-7-19(2,13-23)12-21-17(25)11-24-16-6-4-3-5-15(16)10-22-24/h3-6,10,14H,7-9,11-13H2,1-2H3,(H,21,25)/t14-,19?/m0/s1. The van der Waals surface area contributed by atoms with E-state index in [1.54, 1.807) is 15.8 Å². The van der Waals surface area contributed by atoms with Gasteiger partial charge in [-0.05, 0) is 19.4 Å². The van der Waals surface area contributed by atoms with Crippen LogP contribution in [-0.2, 0) is 16.1 Å². The molecule has 1 N–H and O–H groups in total. The Hall–Kier alpha value is -2.44. The monoisotopic (exact) mass is 360 g/mol. The van der Waals surface area contributed by atoms with Gasteiger partial charge in [0.25, 0.3) is 0 Å². The van der Waals surface area contributed by atoms with Crippen molar-refractivity contribution in [3.05, 3.63) is 30.5 Å². The summed E-state index contributed by atoms with van der Waals surface area (Å²) in [6.45, 7) is 5.24. The Morgan fingerprint density at radius 2 is 2.15 bits per heavy atom. The zero-order valence-corrected chi connectivity index (χ0v) is 15.2. The number of rotatable bonds is 6. The van der Waals surface area contributed by atoms with E-state index in [1.165, 1.54) is 6.92 Å². The number of amides is 2. The smallest absolute Gasteiger partial charge is 0.241 e. The van der Waals surface area contributed by atoms with E-state index < -0.39 is 6.17 Å². The molecule has 0 aliphatic carbocycles. The molecule has 2 amide bonds. The number of carbonyl (C=O) groups excluding carboxylic acids is 2. The fourth-order valence-corrected chi connectivity index (χ4v) is 3.41. The first kappa shape index (κ1) is 18.4. The average Bonchev–Trinajstić information content (AvgIpc) is 3.18. The number of hydrogen-bond donors (Lipinski definition) is 1. The van der Waals surface area contributed by atoms with Gasteiger partial charge in [-0.25, -0.2) is 4.39 Å². The molecule has 0 saturated carbocycles. The van der Waals surface area contributed by atoms with Crippen LogP contribution in [0.15, 0.2) is 30.5 Å². The molecule has 3 rings (SSSR count). The fourth-order valence-electron chi connectivity index (χ4n) is 3.41. The number of fused-ring (bicyclic) bond motifs is 1. The number of likely N-dealkylation sites (tertiary alicyclic amines) is 1. The lowest BCUT2D eigenvalue weighted by Gasteiger charge is -2.25. The predicted molar refractivity (Wildman–Crippen MR) is 97.2 cm³/mol. The minimum atomic E-state index is -1.13. The number of hydrogen-bond acceptors (Lipinski definition) is 3. The number of benzene rings is 1. The normalized spacial score (nSPS) is 21.1. The van der Waals surface area contributed by atoms with Crippen LogP contribution in [0.5, 0.6) is 0 Å². The molecule has 7 heteroatoms. The molecule has 1 aromatic heterocycles. The first-order chi connectivity index (χ1) is 12.4. The lowest BCUT2D eigenvalue weighted by Crippen LogP contribution is -2.40. The third-order valence-electron chi connectivity index (χ3n) is 4.92. The highest BCUT2D eigenvalue weighted by Gasteiger charge is 2.36. The summed E-state index contributed by atoms with van der Waals surface area (Å²) >= 11 is 0. The van der Waals surface area contributed by atoms with Gasteiger partial charge in [-0.15, -0.1) is 0 Å². The average molecular weight is 360 g/mol. The molecule has 1 unspecified atom stereocenters. The molecule has 1 aliphatic rings. The van der Waals surface area contributed by atoms with Crippen LogP contribution in [-0.4, -0.2) is 52.3 Å². The molecule has 1 saturated heterocycles. The van der Waals surface area contributed by atoms with E-state index in [2.05, 4.69) is 10.4 Å². The maximum Gasteiger partial charge on any atom is 0.241 e. The molecule has 2 atom stereocenters. The highest BCUT2D eigenvalue weighted by atomic mass is 19.1. The minimum Gasteiger partial charge on any atom is -0.354 e. The lowest BCUT2D eigenvalue weighted by molar-refractivity contribution is -0.131. The second-order valence-electron chi connectivity index (χ2n) is 7.50. The summed E-state index contributed by atoms with van der Waals surface area (Å²) in [5, 5.41) is 8.22. The predicted octanol–water partition coefficient (Wildman–Crippen LogP) is 2.14. The first-order valence-electron chi connectivity index (χ1n) is 8.95. The Labute approximate surface area is 152 Å². The van der Waals surface area contributed by atoms with E-state index in [-0.39, 0.29) is 30.2 Å². The van der Waals surface area contributed by atoms with Crippen LogP contribution in [0.25, 0.3) is 10.9 Å². The number of para-hydroxylation sites is 1. The molecule has 2 aromatic rings. The van der Waals surface area contributed by atoms with Gasteiger partial charge in [0.2, 0.25) is 11.8 Å². The van der Waals surface area contributed by atoms with Crippen LogP contribution < -0.4 is 5.32 Å². The first-order valence-corrected chi connectivity index (χ1v) is 8.95. The summed E-state index contributed by atoms with van der Waals surface area (Å²) in [7, 11) is 0. The quantitative estimate of drug-likeness (QED) is 0.858. The summed E-state index contributed by atoms with van der Waals surface area (Å²) < 4.78 is 14.7. The number of aromatic nitrogens is 2. The van der Waals surface area contributed by atoms with E-state index in [0.29, 0.717) is 19.6 Å². The highest BCUT2D eigenvalue weighted by Crippen LogP contribution is 2.29. The van der Waals surface area contributed by atoms with Crippen LogP contribution in [0, 0.1) is 5.41 Å². The molecule has 1 fully saturated rings. The second kappa shape index (κ2) is 7.43. The summed E-state index contributed by atoms with van der Waals surface area (Å²) in [5.41, 5.74) is 0.740. The molecule has 0 bridgehead atoms. The summed E-state index contributed by atoms with van der Waals surface area (Å²) in [6, 6.07) is 7.75. The van der Waals surface area contributed by atoms with Crippen molar-refractivity contribution in [2.45, 2.75) is 39.4 Å². The van der Waals surface area contributed by atoms with Gasteiger partial charge in [-0.3, -0.25) is 14.3 Å². The van der Waals surface area contributed by atoms with Crippen LogP contribution in [0.4, 0.5) is 4.39 Å². The summed E-state index contributed by atoms with van der Waals surface area (Å²) in [5.74, 6) is -0.264. The molecule has 2 heterocycles. The van der Waals surface area contributed by atoms with Gasteiger partial charge < -0.3 is 10.2 Å². The molecule has 0 radical (unpaired) electrons. The maximum atomic E-state index is 13.0. The van der Waals surface area contributed by atoms with Crippen molar-refractivity contribution in [2.75, 3.05) is 19.6 Å². The van der Waals surface area contributed by atoms with Crippen LogP contribution in [0.1, 0.15) is 26.7 Å². The van der Waals surface area contributed by atoms with Crippen molar-refractivity contribution in [1.29, 1.82) is 0 Å². The molecule has 0 spiro atoms. The van der Waals surface area contributed by atoms with E-state index in [9.17, 15) is 14.0 Å². The van der Waals surface area contributed by atoms with Crippen molar-refractivity contribution < 1.29 is 14.0 Å². The Morgan fingerprint density at radius 1 is 1.38 bits per heavy atom. The highest BCUT2D eigenvalue weighted by molar-refractivity contribution is 5.82. The SMILES string of the molecule is C[C@H](F)CC(=O)N1CCC(C)(CNC(=O)Cn2ncc3ccccc32)C1. The molecular weight excluding hydrogens is 335 g/mol. The summed E-state index contributed by atoms with van der Waals surface area (Å²) in [4.78, 5) is 26.0. The Kier molecular flexibility index (Phi) is 5.25. The third kappa shape index (κ3) is 4.20. The topological polar surface area (TPSA) is 67.2 Å². The van der Waals surface area contributed by atoms with Gasteiger partial charge in [-0.2, -0.15) is 5.10 Å². The Bertz CT molecular complexity index is 804. The number of halogens is 1. The van der Waals surface area contributed by atoms with Gasteiger partial charge in [0.15, 0.2) is 0 Å². The van der Waals surface area contributed by atoms with E-state index in [1.807, 2.05) is 31.2 Å². The maximum absolute atomic E-state index is 13.0. The summed E-state index contributed by atoms with van der Waals surface area (Å²) in [6.07, 6.45) is 1.34. The molecule has 140 valence electrons. The van der Waals surface area contributed by atoms with E-state index in [4.69, 9.17) is 0 Å². The van der Waals surface area contributed by atoms with Crippen molar-refractivity contribution >= 4 is 22.7 Å². The molecule has 1 aromatic carbocycles. The van der Waals surface area contributed by atoms with Gasteiger partial charge in [0, 0.05) is 30.4 Å². The molecule has 1 aliphatic heterocycles. The van der Waals surface area contributed by atoms with Crippen molar-refractivity contribution in [1.82, 2.24) is 20.0 Å². The zero-order valence-electron chi connectivity index (χ0n) is 15.2. The van der Waals surface area contributed by atoms with E-state index in [0.717, 1.165) is 17.3 Å². The van der Waals surface area contributed by atoms with Gasteiger partial charge in [0.05, 0.1) is 18.1 Å². The minimum absolute atomic E-state index is 0.0746. The number of nitrogens with one attached hydrogen (secondary N) is 1. The fraction of sp³-hybridized carbons (Fsp3) is 0.526. The number of nitrogens with zero attached hydrogens (tertiary/aromatic N) is 3. The van der Waals surface area contributed by atoms with Crippen molar-refractivity contribution in [3.8, 4) is 0 Å². The second-order valence-corrected chi connectivity index (χ2v) is 7.50. The number of alkyl halides is 1. The van der Waals surface area contributed by atoms with Crippen LogP contribution >= 0.6 is 0 Å². The van der Waals surface area contributed by atoms with Gasteiger partial charge in [0.1, 0.15) is 12.7 Å². The third-order valence-corrected chi connectivity index (χ3v) is 4.92.